The number of hydrogen-bond acceptors (Lipinski definition) is 2. The van der Waals surface area contributed by atoms with Crippen LogP contribution >= 0.6 is 0 Å². The molecule has 0 radical (unpaired) electrons. The van der Waals surface area contributed by atoms with Crippen LogP contribution in [0.2, 0.25) is 0 Å². The first-order valence-electron chi connectivity index (χ1n) is 10.1. The molecule has 136 valence electrons. The normalized spacial score (nSPS) is 32.7. The van der Waals surface area contributed by atoms with Crippen LogP contribution in [0.3, 0.4) is 0 Å². The summed E-state index contributed by atoms with van der Waals surface area (Å²) in [4.78, 5) is 29.6. The summed E-state index contributed by atoms with van der Waals surface area (Å²) in [6.45, 7) is 8.27. The Kier molecular flexibility index (Phi) is 5.83. The molecule has 0 spiro atoms. The van der Waals surface area contributed by atoms with Crippen molar-refractivity contribution in [3.8, 4) is 0 Å². The molecular weight excluding hydrogens is 300 g/mol. The summed E-state index contributed by atoms with van der Waals surface area (Å²) in [6.07, 6.45) is 8.32. The van der Waals surface area contributed by atoms with Crippen LogP contribution in [-0.4, -0.2) is 47.8 Å². The molecule has 4 nitrogen and oxygen atoms in total. The Morgan fingerprint density at radius 1 is 0.667 bits per heavy atom. The van der Waals surface area contributed by atoms with Gasteiger partial charge < -0.3 is 9.80 Å². The molecule has 3 rings (SSSR count). The van der Waals surface area contributed by atoms with E-state index in [0.29, 0.717) is 17.7 Å². The minimum atomic E-state index is 0.167. The lowest BCUT2D eigenvalue weighted by Crippen LogP contribution is -2.45. The van der Waals surface area contributed by atoms with Gasteiger partial charge in [0, 0.05) is 38.0 Å². The average Bonchev–Trinajstić information content (AvgIpc) is 2.61. The topological polar surface area (TPSA) is 40.6 Å². The first-order chi connectivity index (χ1) is 11.5. The molecule has 1 aliphatic carbocycles. The van der Waals surface area contributed by atoms with E-state index in [2.05, 4.69) is 23.6 Å². The van der Waals surface area contributed by atoms with Crippen LogP contribution in [0.4, 0.5) is 0 Å². The fourth-order valence-corrected chi connectivity index (χ4v) is 4.72. The minimum absolute atomic E-state index is 0.167. The van der Waals surface area contributed by atoms with Crippen molar-refractivity contribution in [3.63, 3.8) is 0 Å². The van der Waals surface area contributed by atoms with Gasteiger partial charge in [0.2, 0.25) is 11.8 Å². The van der Waals surface area contributed by atoms with Crippen molar-refractivity contribution in [2.45, 2.75) is 65.2 Å². The van der Waals surface area contributed by atoms with E-state index in [1.54, 1.807) is 0 Å². The van der Waals surface area contributed by atoms with Crippen molar-refractivity contribution < 1.29 is 9.59 Å². The molecule has 2 saturated heterocycles. The third-order valence-electron chi connectivity index (χ3n) is 6.49. The van der Waals surface area contributed by atoms with Gasteiger partial charge in [0.25, 0.3) is 0 Å². The number of carbonyl (C=O) groups is 2. The molecular formula is C20H34N2O2. The summed E-state index contributed by atoms with van der Waals surface area (Å²) in [5, 5.41) is 0. The second kappa shape index (κ2) is 7.88. The molecule has 1 unspecified atom stereocenters. The molecule has 0 bridgehead atoms. The highest BCUT2D eigenvalue weighted by Gasteiger charge is 2.35. The second-order valence-electron chi connectivity index (χ2n) is 8.59. The van der Waals surface area contributed by atoms with Crippen molar-refractivity contribution in [2.24, 2.45) is 23.7 Å². The number of carbonyl (C=O) groups excluding carboxylic acids is 2. The summed E-state index contributed by atoms with van der Waals surface area (Å²) < 4.78 is 0. The SMILES string of the molecule is CC1CCN(C(=O)C2CCC(C(=O)N3CCCC(C)C3)CC2)CC1. The van der Waals surface area contributed by atoms with E-state index >= 15 is 0 Å². The van der Waals surface area contributed by atoms with E-state index in [0.717, 1.165) is 77.0 Å². The smallest absolute Gasteiger partial charge is 0.225 e. The highest BCUT2D eigenvalue weighted by atomic mass is 16.2. The van der Waals surface area contributed by atoms with E-state index in [1.165, 1.54) is 6.42 Å². The Bertz CT molecular complexity index is 449. The third-order valence-corrected chi connectivity index (χ3v) is 6.49. The lowest BCUT2D eigenvalue weighted by Gasteiger charge is -2.37. The van der Waals surface area contributed by atoms with Crippen molar-refractivity contribution in [1.82, 2.24) is 9.80 Å². The maximum atomic E-state index is 12.7. The highest BCUT2D eigenvalue weighted by Crippen LogP contribution is 2.33. The second-order valence-corrected chi connectivity index (χ2v) is 8.59. The van der Waals surface area contributed by atoms with Crippen LogP contribution in [0.1, 0.15) is 65.2 Å². The molecule has 3 fully saturated rings. The Labute approximate surface area is 146 Å². The van der Waals surface area contributed by atoms with Crippen molar-refractivity contribution in [3.05, 3.63) is 0 Å². The van der Waals surface area contributed by atoms with Gasteiger partial charge in [0.05, 0.1) is 0 Å². The Morgan fingerprint density at radius 3 is 1.75 bits per heavy atom. The van der Waals surface area contributed by atoms with Crippen molar-refractivity contribution in [1.29, 1.82) is 0 Å². The highest BCUT2D eigenvalue weighted by molar-refractivity contribution is 5.81. The largest absolute Gasteiger partial charge is 0.342 e. The molecule has 24 heavy (non-hydrogen) atoms. The van der Waals surface area contributed by atoms with Gasteiger partial charge in [-0.3, -0.25) is 9.59 Å². The van der Waals surface area contributed by atoms with Gasteiger partial charge in [-0.15, -0.1) is 0 Å². The zero-order valence-corrected chi connectivity index (χ0v) is 15.5. The molecule has 3 aliphatic rings. The van der Waals surface area contributed by atoms with Crippen molar-refractivity contribution >= 4 is 11.8 Å². The monoisotopic (exact) mass is 334 g/mol. The Hall–Kier alpha value is -1.06. The quantitative estimate of drug-likeness (QED) is 0.777. The Balaban J connectivity index is 1.46. The average molecular weight is 335 g/mol. The Morgan fingerprint density at radius 2 is 1.21 bits per heavy atom. The minimum Gasteiger partial charge on any atom is -0.342 e. The standard InChI is InChI=1S/C20H34N2O2/c1-15-9-12-21(13-10-15)19(23)17-5-7-18(8-6-17)20(24)22-11-3-4-16(2)14-22/h15-18H,3-14H2,1-2H3. The summed E-state index contributed by atoms with van der Waals surface area (Å²) in [7, 11) is 0. The number of hydrogen-bond donors (Lipinski definition) is 0. The van der Waals surface area contributed by atoms with Gasteiger partial charge in [-0.05, 0) is 63.2 Å². The lowest BCUT2D eigenvalue weighted by atomic mass is 9.80. The van der Waals surface area contributed by atoms with Gasteiger partial charge in [0.1, 0.15) is 0 Å². The molecule has 0 aromatic rings. The van der Waals surface area contributed by atoms with Gasteiger partial charge >= 0.3 is 0 Å². The number of likely N-dealkylation sites (tertiary alicyclic amines) is 2. The van der Waals surface area contributed by atoms with Gasteiger partial charge in [-0.1, -0.05) is 13.8 Å². The third kappa shape index (κ3) is 4.12. The predicted octanol–water partition coefficient (Wildman–Crippen LogP) is 3.31. The van der Waals surface area contributed by atoms with E-state index in [4.69, 9.17) is 0 Å². The van der Waals surface area contributed by atoms with Crippen LogP contribution in [-0.2, 0) is 9.59 Å². The van der Waals surface area contributed by atoms with Crippen LogP contribution < -0.4 is 0 Å². The van der Waals surface area contributed by atoms with Crippen LogP contribution in [0.15, 0.2) is 0 Å². The van der Waals surface area contributed by atoms with Crippen molar-refractivity contribution in [2.75, 3.05) is 26.2 Å². The summed E-state index contributed by atoms with van der Waals surface area (Å²) in [6, 6.07) is 0. The molecule has 1 atom stereocenters. The van der Waals surface area contributed by atoms with Gasteiger partial charge in [-0.2, -0.15) is 0 Å². The maximum absolute atomic E-state index is 12.7. The zero-order chi connectivity index (χ0) is 17.1. The first-order valence-corrected chi connectivity index (χ1v) is 10.1. The van der Waals surface area contributed by atoms with Crippen LogP contribution in [0.25, 0.3) is 0 Å². The molecule has 2 heterocycles. The van der Waals surface area contributed by atoms with E-state index in [-0.39, 0.29) is 11.8 Å². The summed E-state index contributed by atoms with van der Waals surface area (Å²) >= 11 is 0. The maximum Gasteiger partial charge on any atom is 0.225 e. The van der Waals surface area contributed by atoms with Crippen LogP contribution in [0.5, 0.6) is 0 Å². The molecule has 2 aliphatic heterocycles. The predicted molar refractivity (Wildman–Crippen MR) is 95.4 cm³/mol. The molecule has 1 saturated carbocycles. The summed E-state index contributed by atoms with van der Waals surface area (Å²) in [5.74, 6) is 2.46. The zero-order valence-electron chi connectivity index (χ0n) is 15.5. The lowest BCUT2D eigenvalue weighted by molar-refractivity contribution is -0.143. The van der Waals surface area contributed by atoms with Gasteiger partial charge in [0.15, 0.2) is 0 Å². The fraction of sp³-hybridized carbons (Fsp3) is 0.900. The van der Waals surface area contributed by atoms with E-state index in [9.17, 15) is 9.59 Å². The number of rotatable bonds is 2. The van der Waals surface area contributed by atoms with Crippen LogP contribution in [0, 0.1) is 23.7 Å². The molecule has 0 N–H and O–H groups in total. The molecule has 4 heteroatoms. The number of nitrogens with zero attached hydrogens (tertiary/aromatic N) is 2. The first kappa shape index (κ1) is 17.8. The number of piperidine rings is 2. The number of amides is 2. The van der Waals surface area contributed by atoms with Gasteiger partial charge in [-0.25, -0.2) is 0 Å². The summed E-state index contributed by atoms with van der Waals surface area (Å²) in [5.41, 5.74) is 0. The molecule has 0 aromatic heterocycles. The van der Waals surface area contributed by atoms with E-state index < -0.39 is 0 Å². The molecule has 2 amide bonds. The van der Waals surface area contributed by atoms with E-state index in [1.807, 2.05) is 0 Å². The fourth-order valence-electron chi connectivity index (χ4n) is 4.72. The molecule has 0 aromatic carbocycles.